The van der Waals surface area contributed by atoms with Gasteiger partial charge in [0.15, 0.2) is 0 Å². The summed E-state index contributed by atoms with van der Waals surface area (Å²) < 4.78 is 28.1. The fraction of sp³-hybridized carbons (Fsp3) is 0.400. The van der Waals surface area contributed by atoms with Gasteiger partial charge in [-0.2, -0.15) is 0 Å². The van der Waals surface area contributed by atoms with E-state index in [-0.39, 0.29) is 10.9 Å². The third-order valence-corrected chi connectivity index (χ3v) is 5.56. The summed E-state index contributed by atoms with van der Waals surface area (Å²) in [5.74, 6) is 0.448. The van der Waals surface area contributed by atoms with Crippen molar-refractivity contribution in [2.45, 2.75) is 24.3 Å². The molecule has 0 bridgehead atoms. The van der Waals surface area contributed by atoms with Gasteiger partial charge in [0.05, 0.1) is 4.90 Å². The van der Waals surface area contributed by atoms with Gasteiger partial charge in [-0.15, -0.1) is 0 Å². The molecule has 1 aliphatic rings. The van der Waals surface area contributed by atoms with Crippen LogP contribution >= 0.6 is 31.9 Å². The van der Waals surface area contributed by atoms with Gasteiger partial charge in [-0.05, 0) is 46.5 Å². The van der Waals surface area contributed by atoms with Gasteiger partial charge in [0.1, 0.15) is 0 Å². The second-order valence-electron chi connectivity index (χ2n) is 4.02. The molecule has 0 saturated heterocycles. The van der Waals surface area contributed by atoms with Crippen LogP contribution in [0.3, 0.4) is 0 Å². The van der Waals surface area contributed by atoms with Gasteiger partial charge in [0, 0.05) is 15.0 Å². The number of benzene rings is 1. The summed E-state index contributed by atoms with van der Waals surface area (Å²) in [7, 11) is -3.40. The highest BCUT2D eigenvalue weighted by Gasteiger charge is 2.36. The quantitative estimate of drug-likeness (QED) is 0.891. The van der Waals surface area contributed by atoms with Crippen LogP contribution in [-0.2, 0) is 10.0 Å². The van der Waals surface area contributed by atoms with Crippen LogP contribution in [0, 0.1) is 5.92 Å². The van der Waals surface area contributed by atoms with E-state index in [2.05, 4.69) is 36.6 Å². The SMILES string of the molecule is CC1CC1NS(=O)(=O)c1ccc(Br)cc1Br. The van der Waals surface area contributed by atoms with Crippen LogP contribution in [0.25, 0.3) is 0 Å². The van der Waals surface area contributed by atoms with Gasteiger partial charge in [0.25, 0.3) is 0 Å². The number of rotatable bonds is 3. The third-order valence-electron chi connectivity index (χ3n) is 2.60. The molecule has 0 spiro atoms. The standard InChI is InChI=1S/C10H11Br2NO2S/c1-6-4-9(6)13-16(14,15)10-3-2-7(11)5-8(10)12/h2-3,5-6,9,13H,4H2,1H3. The molecule has 1 aliphatic carbocycles. The largest absolute Gasteiger partial charge is 0.241 e. The van der Waals surface area contributed by atoms with E-state index in [9.17, 15) is 8.42 Å². The number of sulfonamides is 1. The Hall–Kier alpha value is 0.0900. The van der Waals surface area contributed by atoms with Crippen LogP contribution in [0.4, 0.5) is 0 Å². The Morgan fingerprint density at radius 3 is 2.50 bits per heavy atom. The lowest BCUT2D eigenvalue weighted by Gasteiger charge is -2.08. The topological polar surface area (TPSA) is 46.2 Å². The van der Waals surface area contributed by atoms with Gasteiger partial charge >= 0.3 is 0 Å². The number of nitrogens with one attached hydrogen (secondary N) is 1. The van der Waals surface area contributed by atoms with Crippen molar-refractivity contribution >= 4 is 41.9 Å². The smallest absolute Gasteiger partial charge is 0.208 e. The fourth-order valence-corrected chi connectivity index (χ4v) is 4.55. The summed E-state index contributed by atoms with van der Waals surface area (Å²) in [5, 5.41) is 0. The average molecular weight is 369 g/mol. The molecule has 1 fully saturated rings. The van der Waals surface area contributed by atoms with E-state index in [1.807, 2.05) is 6.92 Å². The van der Waals surface area contributed by atoms with Gasteiger partial charge in [-0.1, -0.05) is 22.9 Å². The Bertz CT molecular complexity index is 516. The highest BCUT2D eigenvalue weighted by molar-refractivity contribution is 9.11. The van der Waals surface area contributed by atoms with Crippen LogP contribution in [-0.4, -0.2) is 14.5 Å². The van der Waals surface area contributed by atoms with Gasteiger partial charge < -0.3 is 0 Å². The summed E-state index contributed by atoms with van der Waals surface area (Å²) in [6.07, 6.45) is 0.924. The van der Waals surface area contributed by atoms with Crippen LogP contribution < -0.4 is 4.72 Å². The molecule has 1 aromatic carbocycles. The van der Waals surface area contributed by atoms with Crippen molar-refractivity contribution in [1.29, 1.82) is 0 Å². The molecule has 1 saturated carbocycles. The molecule has 1 N–H and O–H groups in total. The number of hydrogen-bond donors (Lipinski definition) is 1. The van der Waals surface area contributed by atoms with Crippen LogP contribution in [0.5, 0.6) is 0 Å². The van der Waals surface area contributed by atoms with E-state index in [1.54, 1.807) is 18.2 Å². The first kappa shape index (κ1) is 12.5. The first-order valence-electron chi connectivity index (χ1n) is 4.87. The third kappa shape index (κ3) is 2.67. The van der Waals surface area contributed by atoms with Crippen LogP contribution in [0.2, 0.25) is 0 Å². The van der Waals surface area contributed by atoms with Crippen LogP contribution in [0.15, 0.2) is 32.0 Å². The first-order valence-corrected chi connectivity index (χ1v) is 7.94. The minimum Gasteiger partial charge on any atom is -0.208 e. The van der Waals surface area contributed by atoms with E-state index in [4.69, 9.17) is 0 Å². The van der Waals surface area contributed by atoms with Gasteiger partial charge in [-0.3, -0.25) is 0 Å². The van der Waals surface area contributed by atoms with Gasteiger partial charge in [0.2, 0.25) is 10.0 Å². The predicted molar refractivity (Wildman–Crippen MR) is 69.7 cm³/mol. The van der Waals surface area contributed by atoms with E-state index >= 15 is 0 Å². The van der Waals surface area contributed by atoms with E-state index in [1.165, 1.54) is 0 Å². The maximum absolute atomic E-state index is 12.0. The molecular weight excluding hydrogens is 358 g/mol. The molecule has 0 radical (unpaired) electrons. The monoisotopic (exact) mass is 367 g/mol. The van der Waals surface area contributed by atoms with Gasteiger partial charge in [-0.25, -0.2) is 13.1 Å². The molecule has 2 rings (SSSR count). The van der Waals surface area contributed by atoms with E-state index < -0.39 is 10.0 Å². The maximum atomic E-state index is 12.0. The van der Waals surface area contributed by atoms with Crippen LogP contribution in [0.1, 0.15) is 13.3 Å². The molecule has 0 heterocycles. The van der Waals surface area contributed by atoms with Crippen molar-refractivity contribution in [3.8, 4) is 0 Å². The summed E-state index contributed by atoms with van der Waals surface area (Å²) in [6, 6.07) is 5.13. The summed E-state index contributed by atoms with van der Waals surface area (Å²) in [5.41, 5.74) is 0. The Balaban J connectivity index is 2.28. The molecule has 0 aromatic heterocycles. The number of hydrogen-bond acceptors (Lipinski definition) is 2. The van der Waals surface area contributed by atoms with Crippen molar-refractivity contribution in [2.75, 3.05) is 0 Å². The first-order chi connectivity index (χ1) is 7.40. The minimum absolute atomic E-state index is 0.0977. The van der Waals surface area contributed by atoms with Crippen molar-refractivity contribution in [1.82, 2.24) is 4.72 Å². The fourth-order valence-electron chi connectivity index (χ4n) is 1.44. The zero-order valence-electron chi connectivity index (χ0n) is 8.57. The highest BCUT2D eigenvalue weighted by atomic mass is 79.9. The second-order valence-corrected chi connectivity index (χ2v) is 7.47. The molecule has 2 unspecified atom stereocenters. The lowest BCUT2D eigenvalue weighted by atomic mass is 10.4. The Morgan fingerprint density at radius 2 is 2.00 bits per heavy atom. The molecule has 88 valence electrons. The normalized spacial score (nSPS) is 24.4. The van der Waals surface area contributed by atoms with E-state index in [0.717, 1.165) is 10.9 Å². The number of halogens is 2. The predicted octanol–water partition coefficient (Wildman–Crippen LogP) is 2.90. The molecule has 3 nitrogen and oxygen atoms in total. The van der Waals surface area contributed by atoms with Crippen molar-refractivity contribution < 1.29 is 8.42 Å². The molecule has 6 heteroatoms. The molecule has 0 aliphatic heterocycles. The lowest BCUT2D eigenvalue weighted by molar-refractivity contribution is 0.578. The molecule has 16 heavy (non-hydrogen) atoms. The molecular formula is C10H11Br2NO2S. The maximum Gasteiger partial charge on any atom is 0.241 e. The molecule has 0 amide bonds. The summed E-state index contributed by atoms with van der Waals surface area (Å²) in [4.78, 5) is 0.287. The Morgan fingerprint density at radius 1 is 1.38 bits per heavy atom. The second kappa shape index (κ2) is 4.40. The minimum atomic E-state index is -3.40. The molecule has 1 aromatic rings. The summed E-state index contributed by atoms with van der Waals surface area (Å²) >= 11 is 6.55. The summed E-state index contributed by atoms with van der Waals surface area (Å²) in [6.45, 7) is 2.03. The highest BCUT2D eigenvalue weighted by Crippen LogP contribution is 2.32. The Labute approximate surface area is 112 Å². The molecule has 2 atom stereocenters. The zero-order chi connectivity index (χ0) is 11.9. The zero-order valence-corrected chi connectivity index (χ0v) is 12.6. The van der Waals surface area contributed by atoms with Crippen molar-refractivity contribution in [2.24, 2.45) is 5.92 Å². The van der Waals surface area contributed by atoms with E-state index in [0.29, 0.717) is 10.4 Å². The lowest BCUT2D eigenvalue weighted by Crippen LogP contribution is -2.27. The average Bonchev–Trinajstić information content (AvgIpc) is 2.79. The van der Waals surface area contributed by atoms with Crippen molar-refractivity contribution in [3.63, 3.8) is 0 Å². The Kier molecular flexibility index (Phi) is 3.45. The van der Waals surface area contributed by atoms with Crippen molar-refractivity contribution in [3.05, 3.63) is 27.1 Å².